The Morgan fingerprint density at radius 3 is 3.10 bits per heavy atom. The van der Waals surface area contributed by atoms with Crippen LogP contribution in [-0.2, 0) is 4.79 Å². The summed E-state index contributed by atoms with van der Waals surface area (Å²) in [6.07, 6.45) is 4.23. The molecular formula is C6H5NOS2. The van der Waals surface area contributed by atoms with E-state index in [-0.39, 0.29) is 5.78 Å². The zero-order valence-electron chi connectivity index (χ0n) is 5.09. The molecule has 0 aromatic rings. The van der Waals surface area contributed by atoms with Crippen molar-refractivity contribution in [3.05, 3.63) is 22.0 Å². The van der Waals surface area contributed by atoms with Crippen molar-refractivity contribution >= 4 is 29.7 Å². The van der Waals surface area contributed by atoms with Gasteiger partial charge >= 0.3 is 0 Å². The fourth-order valence-electron chi connectivity index (χ4n) is 0.852. The summed E-state index contributed by atoms with van der Waals surface area (Å²) in [5, 5.41) is 0. The third-order valence-corrected chi connectivity index (χ3v) is 3.29. The molecule has 1 aliphatic carbocycles. The van der Waals surface area contributed by atoms with Gasteiger partial charge in [0, 0.05) is 16.2 Å². The van der Waals surface area contributed by atoms with Gasteiger partial charge in [0.1, 0.15) is 0 Å². The fourth-order valence-corrected chi connectivity index (χ4v) is 2.69. The maximum atomic E-state index is 10.8. The van der Waals surface area contributed by atoms with Crippen molar-refractivity contribution in [2.75, 3.05) is 0 Å². The van der Waals surface area contributed by atoms with Crippen LogP contribution in [0.1, 0.15) is 6.42 Å². The van der Waals surface area contributed by atoms with E-state index in [1.807, 2.05) is 6.08 Å². The van der Waals surface area contributed by atoms with E-state index < -0.39 is 0 Å². The van der Waals surface area contributed by atoms with Gasteiger partial charge < -0.3 is 0 Å². The van der Waals surface area contributed by atoms with Crippen LogP contribution in [0.15, 0.2) is 22.0 Å². The summed E-state index contributed by atoms with van der Waals surface area (Å²) in [4.78, 5) is 13.1. The minimum absolute atomic E-state index is 0.204. The number of allylic oxidation sites excluding steroid dienone is 2. The second kappa shape index (κ2) is 2.45. The zero-order chi connectivity index (χ0) is 6.97. The van der Waals surface area contributed by atoms with Crippen molar-refractivity contribution in [2.45, 2.75) is 6.42 Å². The van der Waals surface area contributed by atoms with Gasteiger partial charge in [0.05, 0.1) is 0 Å². The van der Waals surface area contributed by atoms with Gasteiger partial charge in [-0.15, -0.1) is 0 Å². The molecular weight excluding hydrogens is 166 g/mol. The monoisotopic (exact) mass is 171 g/mol. The third-order valence-electron chi connectivity index (χ3n) is 1.33. The molecule has 0 radical (unpaired) electrons. The van der Waals surface area contributed by atoms with Crippen LogP contribution < -0.4 is 4.13 Å². The first-order valence-corrected chi connectivity index (χ1v) is 4.53. The SMILES string of the molecule is O=C1C=C2SNSC2=CC1. The van der Waals surface area contributed by atoms with Crippen molar-refractivity contribution in [1.29, 1.82) is 0 Å². The first-order valence-electron chi connectivity index (χ1n) is 2.90. The Balaban J connectivity index is 2.35. The van der Waals surface area contributed by atoms with E-state index in [9.17, 15) is 4.79 Å². The van der Waals surface area contributed by atoms with Gasteiger partial charge in [-0.2, -0.15) is 4.13 Å². The highest BCUT2D eigenvalue weighted by Crippen LogP contribution is 2.40. The van der Waals surface area contributed by atoms with Crippen LogP contribution >= 0.6 is 23.9 Å². The molecule has 0 aromatic carbocycles. The summed E-state index contributed by atoms with van der Waals surface area (Å²) in [7, 11) is 0. The Bertz CT molecular complexity index is 244. The first kappa shape index (κ1) is 6.52. The number of hydrogen-bond acceptors (Lipinski definition) is 4. The molecule has 1 N–H and O–H groups in total. The molecule has 52 valence electrons. The molecule has 0 atom stereocenters. The van der Waals surface area contributed by atoms with Crippen LogP contribution in [0.4, 0.5) is 0 Å². The summed E-state index contributed by atoms with van der Waals surface area (Å²) in [5.41, 5.74) is 0. The van der Waals surface area contributed by atoms with Gasteiger partial charge in [0.2, 0.25) is 0 Å². The average molecular weight is 171 g/mol. The van der Waals surface area contributed by atoms with Crippen molar-refractivity contribution in [3.8, 4) is 0 Å². The smallest absolute Gasteiger partial charge is 0.160 e. The van der Waals surface area contributed by atoms with Crippen molar-refractivity contribution in [1.82, 2.24) is 4.13 Å². The maximum Gasteiger partial charge on any atom is 0.160 e. The Labute approximate surface area is 67.4 Å². The molecule has 0 amide bonds. The summed E-state index contributed by atoms with van der Waals surface area (Å²) in [6.45, 7) is 0. The number of carbonyl (C=O) groups is 1. The minimum atomic E-state index is 0.204. The molecule has 0 spiro atoms. The average Bonchev–Trinajstić information content (AvgIpc) is 2.33. The van der Waals surface area contributed by atoms with E-state index >= 15 is 0 Å². The quantitative estimate of drug-likeness (QED) is 0.561. The number of rotatable bonds is 0. The van der Waals surface area contributed by atoms with E-state index in [1.54, 1.807) is 18.0 Å². The normalized spacial score (nSPS) is 23.8. The van der Waals surface area contributed by atoms with Crippen LogP contribution in [0, 0.1) is 0 Å². The standard InChI is InChI=1S/C6H5NOS2/c8-4-1-2-5-6(3-4)10-7-9-5/h2-3,7H,1H2. The lowest BCUT2D eigenvalue weighted by molar-refractivity contribution is -0.113. The van der Waals surface area contributed by atoms with Gasteiger partial charge in [-0.05, 0) is 30.0 Å². The Morgan fingerprint density at radius 2 is 2.20 bits per heavy atom. The van der Waals surface area contributed by atoms with E-state index in [0.717, 1.165) is 4.91 Å². The fraction of sp³-hybridized carbons (Fsp3) is 0.167. The Morgan fingerprint density at radius 1 is 1.40 bits per heavy atom. The van der Waals surface area contributed by atoms with E-state index in [2.05, 4.69) is 4.13 Å². The molecule has 0 saturated carbocycles. The highest BCUT2D eigenvalue weighted by atomic mass is 32.2. The van der Waals surface area contributed by atoms with E-state index in [1.165, 1.54) is 16.9 Å². The molecule has 0 aromatic heterocycles. The number of fused-ring (bicyclic) bond motifs is 1. The van der Waals surface area contributed by atoms with Gasteiger partial charge in [0.25, 0.3) is 0 Å². The predicted octanol–water partition coefficient (Wildman–Crippen LogP) is 1.63. The summed E-state index contributed by atoms with van der Waals surface area (Å²) >= 11 is 3.10. The molecule has 4 heteroatoms. The minimum Gasteiger partial charge on any atom is -0.294 e. The molecule has 1 heterocycles. The van der Waals surface area contributed by atoms with Crippen molar-refractivity contribution in [2.24, 2.45) is 0 Å². The predicted molar refractivity (Wildman–Crippen MR) is 44.1 cm³/mol. The van der Waals surface area contributed by atoms with Crippen LogP contribution in [0.25, 0.3) is 0 Å². The Hall–Kier alpha value is -0.190. The maximum absolute atomic E-state index is 10.8. The number of ketones is 1. The second-order valence-corrected chi connectivity index (χ2v) is 3.99. The number of carbonyl (C=O) groups excluding carboxylic acids is 1. The van der Waals surface area contributed by atoms with E-state index in [4.69, 9.17) is 0 Å². The van der Waals surface area contributed by atoms with Crippen molar-refractivity contribution in [3.63, 3.8) is 0 Å². The van der Waals surface area contributed by atoms with Crippen LogP contribution in [-0.4, -0.2) is 5.78 Å². The van der Waals surface area contributed by atoms with Crippen LogP contribution in [0.5, 0.6) is 0 Å². The molecule has 0 unspecified atom stereocenters. The molecule has 2 rings (SSSR count). The number of nitrogens with one attached hydrogen (secondary N) is 1. The summed E-state index contributed by atoms with van der Waals surface area (Å²) < 4.78 is 3.03. The molecule has 2 nitrogen and oxygen atoms in total. The summed E-state index contributed by atoms with van der Waals surface area (Å²) in [5.74, 6) is 0.204. The lowest BCUT2D eigenvalue weighted by atomic mass is 10.2. The second-order valence-electron chi connectivity index (χ2n) is 2.03. The number of hydrogen-bond donors (Lipinski definition) is 1. The van der Waals surface area contributed by atoms with Crippen LogP contribution in [0.3, 0.4) is 0 Å². The Kier molecular flexibility index (Phi) is 1.60. The lowest BCUT2D eigenvalue weighted by Crippen LogP contribution is -1.96. The van der Waals surface area contributed by atoms with Gasteiger partial charge in [-0.3, -0.25) is 4.79 Å². The van der Waals surface area contributed by atoms with Crippen molar-refractivity contribution < 1.29 is 4.79 Å². The molecule has 0 bridgehead atoms. The topological polar surface area (TPSA) is 29.1 Å². The highest BCUT2D eigenvalue weighted by Gasteiger charge is 2.19. The molecule has 1 aliphatic heterocycles. The molecule has 10 heavy (non-hydrogen) atoms. The first-order chi connectivity index (χ1) is 4.86. The largest absolute Gasteiger partial charge is 0.294 e. The summed E-state index contributed by atoms with van der Waals surface area (Å²) in [6, 6.07) is 0. The van der Waals surface area contributed by atoms with E-state index in [0.29, 0.717) is 6.42 Å². The van der Waals surface area contributed by atoms with Gasteiger partial charge in [-0.1, -0.05) is 6.08 Å². The van der Waals surface area contributed by atoms with Gasteiger partial charge in [0.15, 0.2) is 5.78 Å². The molecule has 1 saturated heterocycles. The molecule has 1 fully saturated rings. The highest BCUT2D eigenvalue weighted by molar-refractivity contribution is 8.20. The molecule has 2 aliphatic rings. The third kappa shape index (κ3) is 1.02. The zero-order valence-corrected chi connectivity index (χ0v) is 6.72. The lowest BCUT2D eigenvalue weighted by Gasteiger charge is -2.01. The van der Waals surface area contributed by atoms with Gasteiger partial charge in [-0.25, -0.2) is 0 Å². The van der Waals surface area contributed by atoms with Crippen LogP contribution in [0.2, 0.25) is 0 Å².